The van der Waals surface area contributed by atoms with Crippen molar-refractivity contribution in [2.75, 3.05) is 6.54 Å². The SMILES string of the molecule is O=C(O)C1(CNS(=O)(=O)c2cc([N+](=O)[O-])ccc2Cl)CC1. The van der Waals surface area contributed by atoms with Crippen LogP contribution in [0.1, 0.15) is 12.8 Å². The molecule has 0 aliphatic heterocycles. The minimum atomic E-state index is -4.12. The molecule has 0 amide bonds. The molecule has 2 N–H and O–H groups in total. The summed E-state index contributed by atoms with van der Waals surface area (Å²) in [4.78, 5) is 20.5. The summed E-state index contributed by atoms with van der Waals surface area (Å²) in [6.07, 6.45) is 0.765. The third-order valence-corrected chi connectivity index (χ3v) is 5.21. The van der Waals surface area contributed by atoms with Gasteiger partial charge in [-0.15, -0.1) is 0 Å². The fraction of sp³-hybridized carbons (Fsp3) is 0.364. The lowest BCUT2D eigenvalue weighted by molar-refractivity contribution is -0.385. The molecule has 0 bridgehead atoms. The number of carboxylic acids is 1. The maximum Gasteiger partial charge on any atom is 0.310 e. The Labute approximate surface area is 124 Å². The zero-order valence-corrected chi connectivity index (χ0v) is 12.1. The molecule has 8 nitrogen and oxygen atoms in total. The number of nitro groups is 1. The van der Waals surface area contributed by atoms with Gasteiger partial charge in [0.25, 0.3) is 5.69 Å². The average molecular weight is 335 g/mol. The van der Waals surface area contributed by atoms with Crippen molar-refractivity contribution in [2.24, 2.45) is 5.41 Å². The Morgan fingerprint density at radius 2 is 2.10 bits per heavy atom. The van der Waals surface area contributed by atoms with E-state index in [1.165, 1.54) is 0 Å². The summed E-state index contributed by atoms with van der Waals surface area (Å²) < 4.78 is 26.4. The first-order valence-corrected chi connectivity index (χ1v) is 7.71. The van der Waals surface area contributed by atoms with Gasteiger partial charge in [-0.05, 0) is 18.9 Å². The number of rotatable bonds is 6. The maximum atomic E-state index is 12.1. The van der Waals surface area contributed by atoms with Gasteiger partial charge >= 0.3 is 5.97 Å². The van der Waals surface area contributed by atoms with Crippen molar-refractivity contribution in [1.29, 1.82) is 0 Å². The standard InChI is InChI=1S/C11H11ClN2O6S/c12-8-2-1-7(14(17)18)5-9(8)21(19,20)13-6-11(3-4-11)10(15)16/h1-2,5,13H,3-4,6H2,(H,15,16). The second-order valence-electron chi connectivity index (χ2n) is 4.78. The number of hydrogen-bond donors (Lipinski definition) is 2. The summed E-state index contributed by atoms with van der Waals surface area (Å²) in [5, 5.41) is 19.5. The molecule has 1 aliphatic carbocycles. The van der Waals surface area contributed by atoms with Crippen LogP contribution in [0.2, 0.25) is 5.02 Å². The van der Waals surface area contributed by atoms with Gasteiger partial charge < -0.3 is 5.11 Å². The van der Waals surface area contributed by atoms with E-state index in [1.54, 1.807) is 0 Å². The van der Waals surface area contributed by atoms with Crippen LogP contribution in [0.4, 0.5) is 5.69 Å². The van der Waals surface area contributed by atoms with Crippen LogP contribution in [0.5, 0.6) is 0 Å². The molecular formula is C11H11ClN2O6S. The van der Waals surface area contributed by atoms with Gasteiger partial charge in [0.2, 0.25) is 10.0 Å². The summed E-state index contributed by atoms with van der Waals surface area (Å²) >= 11 is 5.76. The molecule has 0 unspecified atom stereocenters. The van der Waals surface area contributed by atoms with Crippen LogP contribution in [0, 0.1) is 15.5 Å². The predicted molar refractivity (Wildman–Crippen MR) is 72.6 cm³/mol. The van der Waals surface area contributed by atoms with Crippen molar-refractivity contribution in [2.45, 2.75) is 17.7 Å². The lowest BCUT2D eigenvalue weighted by Gasteiger charge is -2.12. The van der Waals surface area contributed by atoms with Crippen LogP contribution in [0.3, 0.4) is 0 Å². The number of carbonyl (C=O) groups is 1. The van der Waals surface area contributed by atoms with Crippen molar-refractivity contribution in [1.82, 2.24) is 4.72 Å². The molecule has 0 spiro atoms. The summed E-state index contributed by atoms with van der Waals surface area (Å²) in [6, 6.07) is 3.03. The molecule has 0 atom stereocenters. The normalized spacial score (nSPS) is 16.4. The van der Waals surface area contributed by atoms with Gasteiger partial charge in [-0.25, -0.2) is 13.1 Å². The number of benzene rings is 1. The van der Waals surface area contributed by atoms with Gasteiger partial charge in [0.05, 0.1) is 15.4 Å². The van der Waals surface area contributed by atoms with E-state index in [-0.39, 0.29) is 11.6 Å². The van der Waals surface area contributed by atoms with Crippen molar-refractivity contribution in [3.8, 4) is 0 Å². The van der Waals surface area contributed by atoms with Crippen LogP contribution in [-0.2, 0) is 14.8 Å². The number of nitro benzene ring substituents is 1. The number of sulfonamides is 1. The Morgan fingerprint density at radius 1 is 1.48 bits per heavy atom. The molecule has 0 saturated heterocycles. The Bertz CT molecular complexity index is 713. The quantitative estimate of drug-likeness (QED) is 0.598. The Hall–Kier alpha value is -1.71. The van der Waals surface area contributed by atoms with E-state index < -0.39 is 36.9 Å². The lowest BCUT2D eigenvalue weighted by Crippen LogP contribution is -2.34. The minimum Gasteiger partial charge on any atom is -0.481 e. The second-order valence-corrected chi connectivity index (χ2v) is 6.92. The average Bonchev–Trinajstić information content (AvgIpc) is 3.17. The molecule has 1 aromatic rings. The van der Waals surface area contributed by atoms with E-state index in [4.69, 9.17) is 16.7 Å². The van der Waals surface area contributed by atoms with Gasteiger partial charge in [0.1, 0.15) is 4.90 Å². The van der Waals surface area contributed by atoms with Crippen molar-refractivity contribution < 1.29 is 23.2 Å². The largest absolute Gasteiger partial charge is 0.481 e. The van der Waals surface area contributed by atoms with Crippen LogP contribution < -0.4 is 4.72 Å². The van der Waals surface area contributed by atoms with E-state index in [1.807, 2.05) is 0 Å². The number of aliphatic carboxylic acids is 1. The topological polar surface area (TPSA) is 127 Å². The van der Waals surface area contributed by atoms with Crippen LogP contribution >= 0.6 is 11.6 Å². The van der Waals surface area contributed by atoms with Crippen molar-refractivity contribution >= 4 is 33.3 Å². The molecule has 114 valence electrons. The van der Waals surface area contributed by atoms with Gasteiger partial charge in [0, 0.05) is 18.7 Å². The van der Waals surface area contributed by atoms with E-state index in [0.717, 1.165) is 18.2 Å². The second kappa shape index (κ2) is 5.24. The molecule has 21 heavy (non-hydrogen) atoms. The fourth-order valence-electron chi connectivity index (χ4n) is 1.74. The highest BCUT2D eigenvalue weighted by Gasteiger charge is 2.50. The van der Waals surface area contributed by atoms with Gasteiger partial charge in [-0.1, -0.05) is 11.6 Å². The molecule has 2 rings (SSSR count). The number of nitrogens with zero attached hydrogens (tertiary/aromatic N) is 1. The first kappa shape index (κ1) is 15.7. The molecule has 1 aliphatic rings. The highest BCUT2D eigenvalue weighted by molar-refractivity contribution is 7.89. The van der Waals surface area contributed by atoms with Gasteiger partial charge in [0.15, 0.2) is 0 Å². The number of non-ortho nitro benzene ring substituents is 1. The molecule has 10 heteroatoms. The molecular weight excluding hydrogens is 324 g/mol. The first-order chi connectivity index (χ1) is 9.68. The molecule has 0 aromatic heterocycles. The molecule has 1 aromatic carbocycles. The summed E-state index contributed by atoms with van der Waals surface area (Å²) in [7, 11) is -4.12. The maximum absolute atomic E-state index is 12.1. The van der Waals surface area contributed by atoms with Crippen molar-refractivity contribution in [3.05, 3.63) is 33.3 Å². The summed E-state index contributed by atoms with van der Waals surface area (Å²) in [5.41, 5.74) is -1.50. The predicted octanol–water partition coefficient (Wildman–Crippen LogP) is 1.39. The molecule has 1 saturated carbocycles. The lowest BCUT2D eigenvalue weighted by atomic mass is 10.1. The monoisotopic (exact) mass is 334 g/mol. The highest BCUT2D eigenvalue weighted by Crippen LogP contribution is 2.45. The number of hydrogen-bond acceptors (Lipinski definition) is 5. The highest BCUT2D eigenvalue weighted by atomic mass is 35.5. The van der Waals surface area contributed by atoms with Crippen LogP contribution in [0.25, 0.3) is 0 Å². The zero-order valence-electron chi connectivity index (χ0n) is 10.6. The van der Waals surface area contributed by atoms with E-state index in [2.05, 4.69) is 4.72 Å². The molecule has 0 radical (unpaired) electrons. The number of carboxylic acid groups (broad SMARTS) is 1. The van der Waals surface area contributed by atoms with E-state index >= 15 is 0 Å². The number of halogens is 1. The zero-order chi connectivity index (χ0) is 15.8. The van der Waals surface area contributed by atoms with Crippen LogP contribution in [0.15, 0.2) is 23.1 Å². The number of nitrogens with one attached hydrogen (secondary N) is 1. The smallest absolute Gasteiger partial charge is 0.310 e. The fourth-order valence-corrected chi connectivity index (χ4v) is 3.38. The Kier molecular flexibility index (Phi) is 3.91. The van der Waals surface area contributed by atoms with E-state index in [0.29, 0.717) is 12.8 Å². The summed E-state index contributed by atoms with van der Waals surface area (Å²) in [5.74, 6) is -1.07. The van der Waals surface area contributed by atoms with Crippen LogP contribution in [-0.4, -0.2) is 31.0 Å². The Balaban J connectivity index is 2.25. The third-order valence-electron chi connectivity index (χ3n) is 3.32. The van der Waals surface area contributed by atoms with Crippen molar-refractivity contribution in [3.63, 3.8) is 0 Å². The summed E-state index contributed by atoms with van der Waals surface area (Å²) in [6.45, 7) is -0.274. The first-order valence-electron chi connectivity index (χ1n) is 5.85. The molecule has 0 heterocycles. The Morgan fingerprint density at radius 3 is 2.57 bits per heavy atom. The molecule has 1 fully saturated rings. The minimum absolute atomic E-state index is 0.173. The van der Waals surface area contributed by atoms with E-state index in [9.17, 15) is 23.3 Å². The van der Waals surface area contributed by atoms with Gasteiger partial charge in [-0.3, -0.25) is 14.9 Å². The van der Waals surface area contributed by atoms with Gasteiger partial charge in [-0.2, -0.15) is 0 Å². The third kappa shape index (κ3) is 3.14.